The summed E-state index contributed by atoms with van der Waals surface area (Å²) in [6.07, 6.45) is 0. The smallest absolute Gasteiger partial charge is 0.124 e. The van der Waals surface area contributed by atoms with Gasteiger partial charge < -0.3 is 0 Å². The van der Waals surface area contributed by atoms with Crippen LogP contribution in [0.3, 0.4) is 0 Å². The van der Waals surface area contributed by atoms with Gasteiger partial charge in [-0.3, -0.25) is 0 Å². The molecule has 0 spiro atoms. The maximum Gasteiger partial charge on any atom is 0.124 e. The lowest BCUT2D eigenvalue weighted by Gasteiger charge is -2.10. The molecule has 1 aromatic heterocycles. The third-order valence-corrected chi connectivity index (χ3v) is 6.91. The van der Waals surface area contributed by atoms with Gasteiger partial charge in [0.15, 0.2) is 0 Å². The van der Waals surface area contributed by atoms with Crippen molar-refractivity contribution in [3.05, 3.63) is 52.9 Å². The molecule has 0 aliphatic rings. The van der Waals surface area contributed by atoms with Crippen LogP contribution < -0.4 is 0 Å². The van der Waals surface area contributed by atoms with E-state index < -0.39 is 0 Å². The monoisotopic (exact) mass is 508 g/mol. The number of thiophene rings is 1. The molecule has 0 nitrogen and oxygen atoms in total. The van der Waals surface area contributed by atoms with Crippen molar-refractivity contribution < 1.29 is 4.39 Å². The summed E-state index contributed by atoms with van der Waals surface area (Å²) in [5.41, 5.74) is 1.04. The van der Waals surface area contributed by atoms with E-state index in [2.05, 4.69) is 54.5 Å². The maximum absolute atomic E-state index is 13.0. The van der Waals surface area contributed by atoms with Gasteiger partial charge in [-0.2, -0.15) is 0 Å². The molecule has 0 radical (unpaired) electrons. The number of rotatable bonds is 2. The predicted molar refractivity (Wildman–Crippen MR) is 86.9 cm³/mol. The highest BCUT2D eigenvalue weighted by Crippen LogP contribution is 2.42. The van der Waals surface area contributed by atoms with Gasteiger partial charge in [-0.15, -0.1) is 11.3 Å². The van der Waals surface area contributed by atoms with Crippen molar-refractivity contribution in [2.75, 3.05) is 0 Å². The van der Waals surface area contributed by atoms with Gasteiger partial charge in [0.05, 0.1) is 13.6 Å². The summed E-state index contributed by atoms with van der Waals surface area (Å²) in [4.78, 5) is 1.12. The molecule has 2 rings (SSSR count). The third-order valence-electron chi connectivity index (χ3n) is 2.15. The molecule has 0 fully saturated rings. The second-order valence-corrected chi connectivity index (χ2v) is 8.19. The van der Waals surface area contributed by atoms with Crippen LogP contribution in [0.5, 0.6) is 0 Å². The molecule has 2 aromatic rings. The fourth-order valence-electron chi connectivity index (χ4n) is 1.35. The lowest BCUT2D eigenvalue weighted by Crippen LogP contribution is -1.94. The van der Waals surface area contributed by atoms with Gasteiger partial charge in [-0.05, 0) is 62.3 Å². The standard InChI is InChI=1S/C11H5Br2ClFIS/c12-10(9-4-7(14)11(13)17-9)6-2-1-5(15)3-8(6)16/h1-4,10H. The van der Waals surface area contributed by atoms with Crippen molar-refractivity contribution >= 4 is 77.4 Å². The van der Waals surface area contributed by atoms with E-state index in [0.29, 0.717) is 5.02 Å². The van der Waals surface area contributed by atoms with Crippen molar-refractivity contribution in [1.29, 1.82) is 0 Å². The fourth-order valence-corrected chi connectivity index (χ4v) is 5.12. The Labute approximate surface area is 138 Å². The molecule has 0 saturated carbocycles. The van der Waals surface area contributed by atoms with Gasteiger partial charge in [-0.25, -0.2) is 4.39 Å². The van der Waals surface area contributed by atoms with Gasteiger partial charge in [0.1, 0.15) is 5.82 Å². The molecule has 6 heteroatoms. The summed E-state index contributed by atoms with van der Waals surface area (Å²) in [6.45, 7) is 0. The molecule has 17 heavy (non-hydrogen) atoms. The third kappa shape index (κ3) is 3.23. The summed E-state index contributed by atoms with van der Waals surface area (Å²) < 4.78 is 14.8. The Balaban J connectivity index is 2.39. The minimum atomic E-state index is -0.219. The lowest BCUT2D eigenvalue weighted by molar-refractivity contribution is 0.626. The van der Waals surface area contributed by atoms with Gasteiger partial charge in [0, 0.05) is 8.45 Å². The van der Waals surface area contributed by atoms with E-state index >= 15 is 0 Å². The Bertz CT molecular complexity index is 539. The molecule has 1 unspecified atom stereocenters. The minimum absolute atomic E-state index is 0.0313. The highest BCUT2D eigenvalue weighted by molar-refractivity contribution is 14.1. The zero-order chi connectivity index (χ0) is 12.6. The van der Waals surface area contributed by atoms with Crippen LogP contribution in [0.1, 0.15) is 15.3 Å². The first-order valence-electron chi connectivity index (χ1n) is 4.53. The van der Waals surface area contributed by atoms with E-state index in [0.717, 1.165) is 17.8 Å². The van der Waals surface area contributed by atoms with E-state index in [-0.39, 0.29) is 10.6 Å². The van der Waals surface area contributed by atoms with Gasteiger partial charge in [0.25, 0.3) is 0 Å². The molecule has 1 aromatic carbocycles. The molecule has 0 aliphatic carbocycles. The summed E-state index contributed by atoms with van der Waals surface area (Å²) in [5.74, 6) is -0.219. The SMILES string of the molecule is Fc1ccc(C(Br)c2cc(Cl)c(Br)s2)c(I)c1. The van der Waals surface area contributed by atoms with Crippen molar-refractivity contribution in [1.82, 2.24) is 0 Å². The lowest BCUT2D eigenvalue weighted by atomic mass is 10.1. The first-order valence-corrected chi connectivity index (χ1v) is 8.51. The zero-order valence-corrected chi connectivity index (χ0v) is 15.1. The van der Waals surface area contributed by atoms with E-state index in [4.69, 9.17) is 11.6 Å². The first-order chi connectivity index (χ1) is 7.99. The Morgan fingerprint density at radius 2 is 2.06 bits per heavy atom. The van der Waals surface area contributed by atoms with Crippen molar-refractivity contribution in [3.8, 4) is 0 Å². The zero-order valence-electron chi connectivity index (χ0n) is 8.18. The molecule has 1 heterocycles. The number of alkyl halides is 1. The number of halogens is 5. The molecule has 0 N–H and O–H groups in total. The summed E-state index contributed by atoms with van der Waals surface area (Å²) in [7, 11) is 0. The molecule has 0 amide bonds. The highest BCUT2D eigenvalue weighted by atomic mass is 127. The van der Waals surface area contributed by atoms with Crippen LogP contribution in [0.15, 0.2) is 28.1 Å². The molecule has 90 valence electrons. The summed E-state index contributed by atoms with van der Waals surface area (Å²) in [6, 6.07) is 6.69. The Morgan fingerprint density at radius 3 is 2.59 bits per heavy atom. The predicted octanol–water partition coefficient (Wildman–Crippen LogP) is 6.39. The molecular weight excluding hydrogens is 505 g/mol. The Hall–Kier alpha value is 0.830. The Kier molecular flexibility index (Phi) is 4.91. The number of hydrogen-bond acceptors (Lipinski definition) is 1. The minimum Gasteiger partial charge on any atom is -0.207 e. The van der Waals surface area contributed by atoms with Crippen LogP contribution in [0.2, 0.25) is 5.02 Å². The van der Waals surface area contributed by atoms with Crippen LogP contribution in [-0.2, 0) is 0 Å². The molecule has 1 atom stereocenters. The molecule has 0 bridgehead atoms. The second-order valence-electron chi connectivity index (χ2n) is 3.30. The fraction of sp³-hybridized carbons (Fsp3) is 0.0909. The first kappa shape index (κ1) is 14.2. The van der Waals surface area contributed by atoms with Crippen LogP contribution in [0.25, 0.3) is 0 Å². The number of benzene rings is 1. The summed E-state index contributed by atoms with van der Waals surface area (Å²) >= 11 is 16.7. The van der Waals surface area contributed by atoms with Crippen molar-refractivity contribution in [3.63, 3.8) is 0 Å². The largest absolute Gasteiger partial charge is 0.207 e. The highest BCUT2D eigenvalue weighted by Gasteiger charge is 2.17. The van der Waals surface area contributed by atoms with Gasteiger partial charge in [0.2, 0.25) is 0 Å². The van der Waals surface area contributed by atoms with Crippen molar-refractivity contribution in [2.45, 2.75) is 4.83 Å². The Morgan fingerprint density at radius 1 is 1.35 bits per heavy atom. The van der Waals surface area contributed by atoms with Crippen LogP contribution in [0.4, 0.5) is 4.39 Å². The molecule has 0 aliphatic heterocycles. The average molecular weight is 510 g/mol. The van der Waals surface area contributed by atoms with Crippen LogP contribution >= 0.6 is 77.4 Å². The topological polar surface area (TPSA) is 0 Å². The average Bonchev–Trinajstić information content (AvgIpc) is 2.58. The van der Waals surface area contributed by atoms with E-state index in [9.17, 15) is 4.39 Å². The second kappa shape index (κ2) is 5.86. The number of hydrogen-bond donors (Lipinski definition) is 0. The van der Waals surface area contributed by atoms with E-state index in [1.165, 1.54) is 12.1 Å². The van der Waals surface area contributed by atoms with Crippen molar-refractivity contribution in [2.24, 2.45) is 0 Å². The summed E-state index contributed by atoms with van der Waals surface area (Å²) in [5, 5.41) is 0.701. The normalized spacial score (nSPS) is 12.8. The van der Waals surface area contributed by atoms with Gasteiger partial charge >= 0.3 is 0 Å². The van der Waals surface area contributed by atoms with Gasteiger partial charge in [-0.1, -0.05) is 33.6 Å². The van der Waals surface area contributed by atoms with E-state index in [1.807, 2.05) is 6.07 Å². The molecule has 0 saturated heterocycles. The maximum atomic E-state index is 13.0. The molecular formula is C11H5Br2ClFIS. The van der Waals surface area contributed by atoms with Crippen LogP contribution in [0, 0.1) is 9.39 Å². The van der Waals surface area contributed by atoms with Crippen LogP contribution in [-0.4, -0.2) is 0 Å². The van der Waals surface area contributed by atoms with E-state index in [1.54, 1.807) is 17.4 Å². The quantitative estimate of drug-likeness (QED) is 0.325.